The summed E-state index contributed by atoms with van der Waals surface area (Å²) in [5.41, 5.74) is 0.274. The monoisotopic (exact) mass is 374 g/mol. The van der Waals surface area contributed by atoms with Crippen molar-refractivity contribution < 1.29 is 18.7 Å². The Hall–Kier alpha value is -1.95. The largest absolute Gasteiger partial charge is 0.496 e. The third-order valence-corrected chi connectivity index (χ3v) is 6.61. The molecule has 27 heavy (non-hydrogen) atoms. The van der Waals surface area contributed by atoms with Crippen LogP contribution in [-0.2, 0) is 15.2 Å². The molecule has 0 N–H and O–H groups in total. The van der Waals surface area contributed by atoms with Gasteiger partial charge in [0.25, 0.3) is 0 Å². The molecule has 4 atom stereocenters. The number of esters is 1. The molecule has 0 aromatic heterocycles. The number of methoxy groups -OCH3 is 2. The molecule has 146 valence electrons. The van der Waals surface area contributed by atoms with Crippen LogP contribution in [0.25, 0.3) is 0 Å². The van der Waals surface area contributed by atoms with Gasteiger partial charge in [0.2, 0.25) is 0 Å². The van der Waals surface area contributed by atoms with Gasteiger partial charge >= 0.3 is 5.97 Å². The van der Waals surface area contributed by atoms with Gasteiger partial charge in [-0.3, -0.25) is 14.7 Å². The highest BCUT2D eigenvalue weighted by atomic mass is 19.1. The fourth-order valence-corrected chi connectivity index (χ4v) is 5.16. The van der Waals surface area contributed by atoms with Crippen molar-refractivity contribution >= 4 is 17.4 Å². The maximum atomic E-state index is 16.3. The number of ether oxygens (including phenoxy) is 2. The van der Waals surface area contributed by atoms with E-state index in [2.05, 4.69) is 11.8 Å². The number of halogens is 1. The Balaban J connectivity index is 1.67. The molecular formula is C21H27FN2O3. The van der Waals surface area contributed by atoms with Crippen molar-refractivity contribution in [2.75, 3.05) is 27.3 Å². The van der Waals surface area contributed by atoms with Gasteiger partial charge in [0.15, 0.2) is 5.67 Å². The molecule has 6 heteroatoms. The average Bonchev–Trinajstić information content (AvgIpc) is 3.00. The zero-order valence-corrected chi connectivity index (χ0v) is 16.2. The molecule has 0 aliphatic carbocycles. The number of benzene rings is 1. The molecule has 3 aliphatic rings. The Kier molecular flexibility index (Phi) is 4.70. The van der Waals surface area contributed by atoms with Crippen LogP contribution < -0.4 is 4.74 Å². The molecule has 1 aromatic rings. The van der Waals surface area contributed by atoms with E-state index in [4.69, 9.17) is 14.5 Å². The number of aliphatic imine (C=N–C) groups is 1. The molecule has 2 fully saturated rings. The summed E-state index contributed by atoms with van der Waals surface area (Å²) >= 11 is 0. The molecule has 2 saturated heterocycles. The molecule has 3 heterocycles. The zero-order valence-electron chi connectivity index (χ0n) is 16.2. The van der Waals surface area contributed by atoms with Gasteiger partial charge in [-0.15, -0.1) is 0 Å². The molecule has 0 bridgehead atoms. The van der Waals surface area contributed by atoms with E-state index >= 15 is 4.39 Å². The number of rotatable bonds is 4. The van der Waals surface area contributed by atoms with Crippen molar-refractivity contribution in [2.45, 2.75) is 44.3 Å². The predicted octanol–water partition coefficient (Wildman–Crippen LogP) is 3.63. The molecule has 0 amide bonds. The van der Waals surface area contributed by atoms with Gasteiger partial charge in [-0.05, 0) is 30.4 Å². The molecular weight excluding hydrogens is 347 g/mol. The van der Waals surface area contributed by atoms with E-state index in [1.165, 1.54) is 7.11 Å². The Morgan fingerprint density at radius 3 is 2.89 bits per heavy atom. The SMILES string of the molecule is CC[C@@H]1CN2CC[C@@]3(F)C(=Nc4cccc(OC)c43)[C@H]2C[C@@H]1CC(=O)OC. The van der Waals surface area contributed by atoms with E-state index in [1.54, 1.807) is 13.2 Å². The van der Waals surface area contributed by atoms with Crippen LogP contribution in [0, 0.1) is 11.8 Å². The van der Waals surface area contributed by atoms with Crippen molar-refractivity contribution in [2.24, 2.45) is 16.8 Å². The minimum atomic E-state index is -1.57. The Labute approximate surface area is 159 Å². The summed E-state index contributed by atoms with van der Waals surface area (Å²) in [6.07, 6.45) is 2.54. The van der Waals surface area contributed by atoms with Crippen molar-refractivity contribution in [1.29, 1.82) is 0 Å². The average molecular weight is 374 g/mol. The highest BCUT2D eigenvalue weighted by Crippen LogP contribution is 2.53. The quantitative estimate of drug-likeness (QED) is 0.755. The Morgan fingerprint density at radius 1 is 1.37 bits per heavy atom. The van der Waals surface area contributed by atoms with Gasteiger partial charge < -0.3 is 9.47 Å². The minimum absolute atomic E-state index is 0.0710. The van der Waals surface area contributed by atoms with E-state index < -0.39 is 5.67 Å². The summed E-state index contributed by atoms with van der Waals surface area (Å²) in [6.45, 7) is 3.73. The normalized spacial score (nSPS) is 32.1. The Morgan fingerprint density at radius 2 is 2.19 bits per heavy atom. The van der Waals surface area contributed by atoms with Crippen molar-refractivity contribution in [3.05, 3.63) is 23.8 Å². The van der Waals surface area contributed by atoms with Gasteiger partial charge in [0.05, 0.1) is 37.2 Å². The first-order valence-electron chi connectivity index (χ1n) is 9.78. The first-order chi connectivity index (χ1) is 13.0. The lowest BCUT2D eigenvalue weighted by Crippen LogP contribution is -2.59. The summed E-state index contributed by atoms with van der Waals surface area (Å²) in [4.78, 5) is 19.0. The van der Waals surface area contributed by atoms with Crippen LogP contribution in [0.1, 0.15) is 38.2 Å². The van der Waals surface area contributed by atoms with Crippen molar-refractivity contribution in [3.8, 4) is 5.75 Å². The highest BCUT2D eigenvalue weighted by molar-refractivity contribution is 6.05. The van der Waals surface area contributed by atoms with E-state index in [0.29, 0.717) is 48.0 Å². The second-order valence-corrected chi connectivity index (χ2v) is 7.86. The van der Waals surface area contributed by atoms with Crippen LogP contribution in [-0.4, -0.2) is 49.9 Å². The number of fused-ring (bicyclic) bond motifs is 5. The second-order valence-electron chi connectivity index (χ2n) is 7.86. The lowest BCUT2D eigenvalue weighted by Gasteiger charge is -2.49. The molecule has 0 unspecified atom stereocenters. The number of hydrogen-bond donors (Lipinski definition) is 0. The molecule has 3 aliphatic heterocycles. The molecule has 5 nitrogen and oxygen atoms in total. The van der Waals surface area contributed by atoms with Crippen LogP contribution in [0.3, 0.4) is 0 Å². The van der Waals surface area contributed by atoms with Gasteiger partial charge in [-0.2, -0.15) is 0 Å². The third-order valence-electron chi connectivity index (χ3n) is 6.61. The van der Waals surface area contributed by atoms with E-state index in [-0.39, 0.29) is 17.9 Å². The lowest BCUT2D eigenvalue weighted by molar-refractivity contribution is -0.143. The molecule has 0 radical (unpaired) electrons. The lowest BCUT2D eigenvalue weighted by atomic mass is 9.72. The number of piperidine rings is 2. The number of carbonyl (C=O) groups excluding carboxylic acids is 1. The number of carbonyl (C=O) groups is 1. The van der Waals surface area contributed by atoms with Crippen molar-refractivity contribution in [3.63, 3.8) is 0 Å². The molecule has 1 aromatic carbocycles. The number of alkyl halides is 1. The third kappa shape index (κ3) is 2.85. The topological polar surface area (TPSA) is 51.1 Å². The van der Waals surface area contributed by atoms with E-state index in [9.17, 15) is 4.79 Å². The molecule has 0 spiro atoms. The van der Waals surface area contributed by atoms with Gasteiger partial charge in [-0.1, -0.05) is 19.4 Å². The maximum absolute atomic E-state index is 16.3. The van der Waals surface area contributed by atoms with E-state index in [0.717, 1.165) is 19.4 Å². The van der Waals surface area contributed by atoms with Crippen LogP contribution in [0.15, 0.2) is 23.2 Å². The molecule has 0 saturated carbocycles. The first kappa shape index (κ1) is 18.4. The fourth-order valence-electron chi connectivity index (χ4n) is 5.16. The minimum Gasteiger partial charge on any atom is -0.496 e. The van der Waals surface area contributed by atoms with Crippen LogP contribution in [0.2, 0.25) is 0 Å². The maximum Gasteiger partial charge on any atom is 0.305 e. The summed E-state index contributed by atoms with van der Waals surface area (Å²) < 4.78 is 26.6. The highest BCUT2D eigenvalue weighted by Gasteiger charge is 2.55. The summed E-state index contributed by atoms with van der Waals surface area (Å²) in [5.74, 6) is 0.994. The fraction of sp³-hybridized carbons (Fsp3) is 0.619. The number of hydrogen-bond acceptors (Lipinski definition) is 5. The van der Waals surface area contributed by atoms with Crippen LogP contribution >= 0.6 is 0 Å². The Bertz CT molecular complexity index is 781. The van der Waals surface area contributed by atoms with Gasteiger partial charge in [-0.25, -0.2) is 4.39 Å². The standard InChI is InChI=1S/C21H27FN2O3/c1-4-13-12-24-9-8-21(22)19-15(6-5-7-17(19)26-2)23-20(21)16(24)10-14(13)11-18(25)27-3/h5-7,13-14,16H,4,8-12H2,1-3H3/t13-,14-,16-,21+/m1/s1. The first-order valence-corrected chi connectivity index (χ1v) is 9.78. The molecule has 4 rings (SSSR count). The van der Waals surface area contributed by atoms with Gasteiger partial charge in [0.1, 0.15) is 5.75 Å². The number of nitrogens with zero attached hydrogens (tertiary/aromatic N) is 2. The van der Waals surface area contributed by atoms with Gasteiger partial charge in [0, 0.05) is 25.9 Å². The summed E-state index contributed by atoms with van der Waals surface area (Å²) in [7, 11) is 3.00. The predicted molar refractivity (Wildman–Crippen MR) is 101 cm³/mol. The zero-order chi connectivity index (χ0) is 19.2. The summed E-state index contributed by atoms with van der Waals surface area (Å²) in [6, 6.07) is 5.45. The van der Waals surface area contributed by atoms with E-state index in [1.807, 2.05) is 12.1 Å². The van der Waals surface area contributed by atoms with Crippen LogP contribution in [0.4, 0.5) is 10.1 Å². The summed E-state index contributed by atoms with van der Waals surface area (Å²) in [5, 5.41) is 0. The second kappa shape index (κ2) is 6.89. The van der Waals surface area contributed by atoms with Crippen LogP contribution in [0.5, 0.6) is 5.75 Å². The smallest absolute Gasteiger partial charge is 0.305 e. The van der Waals surface area contributed by atoms with Crippen molar-refractivity contribution in [1.82, 2.24) is 4.90 Å².